The smallest absolute Gasteiger partial charge is 0.238 e. The molecule has 0 aliphatic carbocycles. The maximum absolute atomic E-state index is 12.6. The van der Waals surface area contributed by atoms with Gasteiger partial charge < -0.3 is 15.5 Å². The summed E-state index contributed by atoms with van der Waals surface area (Å²) in [5.74, 6) is 0.836. The van der Waals surface area contributed by atoms with Crippen LogP contribution in [0.25, 0.3) is 0 Å². The zero-order chi connectivity index (χ0) is 18.7. The first-order valence-electron chi connectivity index (χ1n) is 9.53. The molecule has 0 saturated carbocycles. The molecule has 2 aliphatic heterocycles. The fourth-order valence-corrected chi connectivity index (χ4v) is 3.56. The van der Waals surface area contributed by atoms with E-state index in [-0.39, 0.29) is 17.7 Å². The molecular weight excluding hydrogens is 328 g/mol. The van der Waals surface area contributed by atoms with Crippen LogP contribution in [0.4, 0.5) is 5.69 Å². The monoisotopic (exact) mass is 358 g/mol. The van der Waals surface area contributed by atoms with E-state index in [2.05, 4.69) is 15.5 Å². The molecule has 1 unspecified atom stereocenters. The summed E-state index contributed by atoms with van der Waals surface area (Å²) in [6, 6.07) is 5.94. The number of nitrogens with one attached hydrogen (secondary N) is 2. The minimum atomic E-state index is 0.00684. The van der Waals surface area contributed by atoms with Gasteiger partial charge in [0.1, 0.15) is 0 Å². The van der Waals surface area contributed by atoms with Gasteiger partial charge in [0.15, 0.2) is 0 Å². The summed E-state index contributed by atoms with van der Waals surface area (Å²) in [5.41, 5.74) is 3.16. The van der Waals surface area contributed by atoms with Gasteiger partial charge in [-0.3, -0.25) is 14.5 Å². The quantitative estimate of drug-likeness (QED) is 0.831. The Kier molecular flexibility index (Phi) is 5.94. The Balaban J connectivity index is 1.45. The Morgan fingerprint density at radius 2 is 1.88 bits per heavy atom. The number of hydrogen-bond donors (Lipinski definition) is 2. The largest absolute Gasteiger partial charge is 0.340 e. The van der Waals surface area contributed by atoms with Crippen LogP contribution in [0.15, 0.2) is 18.2 Å². The molecule has 26 heavy (non-hydrogen) atoms. The molecule has 0 spiro atoms. The Bertz CT molecular complexity index is 664. The van der Waals surface area contributed by atoms with Gasteiger partial charge in [0.2, 0.25) is 11.8 Å². The Hall–Kier alpha value is -1.92. The van der Waals surface area contributed by atoms with Crippen LogP contribution in [0.5, 0.6) is 0 Å². The first-order chi connectivity index (χ1) is 12.5. The van der Waals surface area contributed by atoms with Crippen molar-refractivity contribution in [2.24, 2.45) is 11.8 Å². The summed E-state index contributed by atoms with van der Waals surface area (Å²) >= 11 is 0. The van der Waals surface area contributed by atoms with Gasteiger partial charge in [-0.05, 0) is 50.0 Å². The molecule has 6 nitrogen and oxygen atoms in total. The van der Waals surface area contributed by atoms with Crippen LogP contribution >= 0.6 is 0 Å². The van der Waals surface area contributed by atoms with Crippen LogP contribution in [-0.2, 0) is 9.59 Å². The number of carbonyl (C=O) groups excluding carboxylic acids is 2. The molecule has 2 fully saturated rings. The lowest BCUT2D eigenvalue weighted by Crippen LogP contribution is -2.55. The lowest BCUT2D eigenvalue weighted by molar-refractivity contribution is -0.139. The lowest BCUT2D eigenvalue weighted by Gasteiger charge is -2.39. The van der Waals surface area contributed by atoms with Gasteiger partial charge >= 0.3 is 0 Å². The molecule has 2 saturated heterocycles. The topological polar surface area (TPSA) is 64.7 Å². The van der Waals surface area contributed by atoms with E-state index in [9.17, 15) is 9.59 Å². The number of nitrogens with zero attached hydrogens (tertiary/aromatic N) is 2. The number of hydrogen-bond acceptors (Lipinski definition) is 4. The van der Waals surface area contributed by atoms with E-state index in [1.165, 1.54) is 5.56 Å². The number of aryl methyl sites for hydroxylation is 1. The number of benzene rings is 1. The molecule has 2 heterocycles. The molecular formula is C20H30N4O2. The summed E-state index contributed by atoms with van der Waals surface area (Å²) in [5, 5.41) is 6.25. The summed E-state index contributed by atoms with van der Waals surface area (Å²) in [4.78, 5) is 29.0. The number of amides is 2. The second kappa shape index (κ2) is 8.18. The Morgan fingerprint density at radius 1 is 1.19 bits per heavy atom. The highest BCUT2D eigenvalue weighted by Crippen LogP contribution is 2.20. The predicted octanol–water partition coefficient (Wildman–Crippen LogP) is 1.24. The fraction of sp³-hybridized carbons (Fsp3) is 0.600. The molecule has 6 heteroatoms. The van der Waals surface area contributed by atoms with E-state index in [0.717, 1.165) is 37.4 Å². The van der Waals surface area contributed by atoms with E-state index in [1.807, 2.05) is 43.9 Å². The number of carbonyl (C=O) groups is 2. The predicted molar refractivity (Wildman–Crippen MR) is 103 cm³/mol. The summed E-state index contributed by atoms with van der Waals surface area (Å²) in [6.45, 7) is 11.3. The molecule has 3 rings (SSSR count). The summed E-state index contributed by atoms with van der Waals surface area (Å²) < 4.78 is 0. The van der Waals surface area contributed by atoms with Gasteiger partial charge in [-0.1, -0.05) is 19.1 Å². The van der Waals surface area contributed by atoms with Crippen molar-refractivity contribution in [1.82, 2.24) is 15.1 Å². The van der Waals surface area contributed by atoms with Crippen molar-refractivity contribution in [1.29, 1.82) is 0 Å². The Labute approximate surface area is 155 Å². The fourth-order valence-electron chi connectivity index (χ4n) is 3.56. The molecule has 0 aromatic heterocycles. The van der Waals surface area contributed by atoms with Crippen molar-refractivity contribution in [2.45, 2.75) is 20.8 Å². The molecule has 1 aromatic rings. The number of rotatable bonds is 5. The molecule has 0 radical (unpaired) electrons. The van der Waals surface area contributed by atoms with Crippen LogP contribution in [0.3, 0.4) is 0 Å². The second-order valence-electron chi connectivity index (χ2n) is 7.60. The SMILES string of the molecule is Cc1cccc(NC(=O)CN2CCN(C(=O)C(C)C3CNC3)CC2)c1C. The van der Waals surface area contributed by atoms with Gasteiger partial charge in [-0.15, -0.1) is 0 Å². The molecule has 1 atom stereocenters. The molecule has 2 aliphatic rings. The van der Waals surface area contributed by atoms with Gasteiger partial charge in [-0.25, -0.2) is 0 Å². The summed E-state index contributed by atoms with van der Waals surface area (Å²) in [6.07, 6.45) is 0. The van der Waals surface area contributed by atoms with Crippen LogP contribution < -0.4 is 10.6 Å². The maximum atomic E-state index is 12.6. The zero-order valence-electron chi connectivity index (χ0n) is 16.0. The van der Waals surface area contributed by atoms with E-state index < -0.39 is 0 Å². The second-order valence-corrected chi connectivity index (χ2v) is 7.60. The third-order valence-electron chi connectivity index (χ3n) is 5.84. The number of piperazine rings is 1. The van der Waals surface area contributed by atoms with Gasteiger partial charge in [0.25, 0.3) is 0 Å². The third-order valence-corrected chi connectivity index (χ3v) is 5.84. The minimum absolute atomic E-state index is 0.00684. The van der Waals surface area contributed by atoms with Gasteiger partial charge in [0.05, 0.1) is 6.54 Å². The van der Waals surface area contributed by atoms with E-state index in [0.29, 0.717) is 25.6 Å². The highest BCUT2D eigenvalue weighted by Gasteiger charge is 2.33. The van der Waals surface area contributed by atoms with E-state index in [1.54, 1.807) is 0 Å². The molecule has 0 bridgehead atoms. The van der Waals surface area contributed by atoms with Crippen molar-refractivity contribution in [3.8, 4) is 0 Å². The highest BCUT2D eigenvalue weighted by atomic mass is 16.2. The van der Waals surface area contributed by atoms with Crippen LogP contribution in [-0.4, -0.2) is 67.4 Å². The average molecular weight is 358 g/mol. The lowest BCUT2D eigenvalue weighted by atomic mass is 9.88. The zero-order valence-corrected chi connectivity index (χ0v) is 16.0. The van der Waals surface area contributed by atoms with Crippen molar-refractivity contribution in [3.05, 3.63) is 29.3 Å². The van der Waals surface area contributed by atoms with Crippen LogP contribution in [0, 0.1) is 25.7 Å². The van der Waals surface area contributed by atoms with Crippen molar-refractivity contribution in [3.63, 3.8) is 0 Å². The van der Waals surface area contributed by atoms with Gasteiger partial charge in [-0.2, -0.15) is 0 Å². The maximum Gasteiger partial charge on any atom is 0.238 e. The Morgan fingerprint density at radius 3 is 2.50 bits per heavy atom. The molecule has 2 N–H and O–H groups in total. The standard InChI is InChI=1S/C20H30N4O2/c1-14-5-4-6-18(15(14)2)22-19(25)13-23-7-9-24(10-8-23)20(26)16(3)17-11-21-12-17/h4-6,16-17,21H,7-13H2,1-3H3,(H,22,25). The average Bonchev–Trinajstić information content (AvgIpc) is 2.57. The minimum Gasteiger partial charge on any atom is -0.340 e. The first kappa shape index (κ1) is 18.9. The molecule has 142 valence electrons. The molecule has 2 amide bonds. The van der Waals surface area contributed by atoms with Crippen LogP contribution in [0.2, 0.25) is 0 Å². The van der Waals surface area contributed by atoms with E-state index in [4.69, 9.17) is 0 Å². The summed E-state index contributed by atoms with van der Waals surface area (Å²) in [7, 11) is 0. The van der Waals surface area contributed by atoms with Crippen molar-refractivity contribution < 1.29 is 9.59 Å². The van der Waals surface area contributed by atoms with Crippen molar-refractivity contribution in [2.75, 3.05) is 51.1 Å². The normalized spacial score (nSPS) is 19.7. The van der Waals surface area contributed by atoms with E-state index >= 15 is 0 Å². The number of anilines is 1. The molecule has 1 aromatic carbocycles. The van der Waals surface area contributed by atoms with Gasteiger partial charge in [0, 0.05) is 37.8 Å². The van der Waals surface area contributed by atoms with Crippen LogP contribution in [0.1, 0.15) is 18.1 Å². The third kappa shape index (κ3) is 4.24. The first-order valence-corrected chi connectivity index (χ1v) is 9.53. The van der Waals surface area contributed by atoms with Crippen molar-refractivity contribution >= 4 is 17.5 Å². The highest BCUT2D eigenvalue weighted by molar-refractivity contribution is 5.93.